The first-order valence-electron chi connectivity index (χ1n) is 6.36. The van der Waals surface area contributed by atoms with Crippen LogP contribution in [0.15, 0.2) is 30.3 Å². The van der Waals surface area contributed by atoms with Gasteiger partial charge in [0.05, 0.1) is 0 Å². The molecule has 1 aromatic carbocycles. The normalized spacial score (nSPS) is 10.7. The number of carbonyl (C=O) groups excluding carboxylic acids is 1. The number of carbonyl (C=O) groups is 1. The van der Waals surface area contributed by atoms with E-state index in [0.717, 1.165) is 11.1 Å². The Kier molecular flexibility index (Phi) is 5.79. The van der Waals surface area contributed by atoms with Crippen molar-refractivity contribution in [2.75, 3.05) is 6.54 Å². The van der Waals surface area contributed by atoms with Gasteiger partial charge in [-0.25, -0.2) is 0 Å². The van der Waals surface area contributed by atoms with E-state index in [2.05, 4.69) is 10.6 Å². The zero-order valence-corrected chi connectivity index (χ0v) is 11.7. The molecule has 1 amide bonds. The van der Waals surface area contributed by atoms with Crippen LogP contribution in [0.3, 0.4) is 0 Å². The summed E-state index contributed by atoms with van der Waals surface area (Å²) in [5.41, 5.74) is 2.11. The standard InChI is InChI=1S/C15H21N3O/c1-11(2)10-17-15(16)18-14(19)9-8-13-7-5-4-6-12(13)3/h4-9,11H,10H2,1-3H3,(H3,16,17,18,19). The Hall–Kier alpha value is -2.10. The van der Waals surface area contributed by atoms with Crippen molar-refractivity contribution in [1.29, 1.82) is 5.41 Å². The second-order valence-electron chi connectivity index (χ2n) is 4.83. The minimum atomic E-state index is -0.301. The maximum atomic E-state index is 11.6. The van der Waals surface area contributed by atoms with Gasteiger partial charge in [0.2, 0.25) is 0 Å². The van der Waals surface area contributed by atoms with Crippen molar-refractivity contribution in [3.05, 3.63) is 41.5 Å². The monoisotopic (exact) mass is 259 g/mol. The van der Waals surface area contributed by atoms with Crippen molar-refractivity contribution in [3.8, 4) is 0 Å². The quantitative estimate of drug-likeness (QED) is 0.441. The van der Waals surface area contributed by atoms with Crippen LogP contribution in [0.1, 0.15) is 25.0 Å². The zero-order chi connectivity index (χ0) is 14.3. The Bertz CT molecular complexity index is 478. The summed E-state index contributed by atoms with van der Waals surface area (Å²) in [6.45, 7) is 6.74. The molecule has 0 spiro atoms. The van der Waals surface area contributed by atoms with Crippen LogP contribution in [0.5, 0.6) is 0 Å². The number of nitrogens with one attached hydrogen (secondary N) is 3. The van der Waals surface area contributed by atoms with E-state index < -0.39 is 0 Å². The number of hydrogen-bond donors (Lipinski definition) is 3. The lowest BCUT2D eigenvalue weighted by Gasteiger charge is -2.09. The van der Waals surface area contributed by atoms with Gasteiger partial charge >= 0.3 is 0 Å². The molecule has 0 aliphatic heterocycles. The van der Waals surface area contributed by atoms with Crippen LogP contribution < -0.4 is 10.6 Å². The van der Waals surface area contributed by atoms with Crippen LogP contribution in [-0.4, -0.2) is 18.4 Å². The first-order chi connectivity index (χ1) is 8.99. The maximum Gasteiger partial charge on any atom is 0.250 e. The average molecular weight is 259 g/mol. The fourth-order valence-electron chi connectivity index (χ4n) is 1.45. The molecule has 0 saturated heterocycles. The minimum absolute atomic E-state index is 0.0353. The topological polar surface area (TPSA) is 65.0 Å². The lowest BCUT2D eigenvalue weighted by molar-refractivity contribution is -0.115. The molecule has 19 heavy (non-hydrogen) atoms. The fraction of sp³-hybridized carbons (Fsp3) is 0.333. The highest BCUT2D eigenvalue weighted by atomic mass is 16.1. The molecule has 0 unspecified atom stereocenters. The van der Waals surface area contributed by atoms with Crippen LogP contribution in [0.4, 0.5) is 0 Å². The fourth-order valence-corrected chi connectivity index (χ4v) is 1.45. The van der Waals surface area contributed by atoms with Gasteiger partial charge in [0.1, 0.15) is 0 Å². The predicted molar refractivity (Wildman–Crippen MR) is 78.9 cm³/mol. The summed E-state index contributed by atoms with van der Waals surface area (Å²) in [6, 6.07) is 7.82. The van der Waals surface area contributed by atoms with E-state index in [1.54, 1.807) is 6.08 Å². The van der Waals surface area contributed by atoms with Crippen molar-refractivity contribution in [2.45, 2.75) is 20.8 Å². The van der Waals surface area contributed by atoms with Gasteiger partial charge in [-0.05, 0) is 30.0 Å². The molecule has 3 N–H and O–H groups in total. The molecule has 4 nitrogen and oxygen atoms in total. The Morgan fingerprint density at radius 3 is 2.68 bits per heavy atom. The number of rotatable bonds is 4. The number of benzene rings is 1. The van der Waals surface area contributed by atoms with E-state index in [1.165, 1.54) is 6.08 Å². The first-order valence-corrected chi connectivity index (χ1v) is 6.36. The lowest BCUT2D eigenvalue weighted by atomic mass is 10.1. The van der Waals surface area contributed by atoms with Crippen LogP contribution in [0, 0.1) is 18.3 Å². The largest absolute Gasteiger partial charge is 0.356 e. The summed E-state index contributed by atoms with van der Waals surface area (Å²) in [7, 11) is 0. The van der Waals surface area contributed by atoms with Gasteiger partial charge in [-0.2, -0.15) is 0 Å². The lowest BCUT2D eigenvalue weighted by Crippen LogP contribution is -2.40. The summed E-state index contributed by atoms with van der Waals surface area (Å²) >= 11 is 0. The number of guanidine groups is 1. The molecular weight excluding hydrogens is 238 g/mol. The molecular formula is C15H21N3O. The van der Waals surface area contributed by atoms with Gasteiger partial charge < -0.3 is 5.32 Å². The Balaban J connectivity index is 2.47. The Morgan fingerprint density at radius 2 is 2.05 bits per heavy atom. The van der Waals surface area contributed by atoms with Crippen molar-refractivity contribution < 1.29 is 4.79 Å². The predicted octanol–water partition coefficient (Wildman–Crippen LogP) is 2.30. The zero-order valence-electron chi connectivity index (χ0n) is 11.7. The summed E-state index contributed by atoms with van der Waals surface area (Å²) in [5.74, 6) is 0.164. The van der Waals surface area contributed by atoms with Gasteiger partial charge in [-0.1, -0.05) is 38.1 Å². The molecule has 0 saturated carbocycles. The van der Waals surface area contributed by atoms with E-state index in [-0.39, 0.29) is 11.9 Å². The third-order valence-corrected chi connectivity index (χ3v) is 2.54. The SMILES string of the molecule is Cc1ccccc1C=CC(=O)NC(=N)NCC(C)C. The second-order valence-corrected chi connectivity index (χ2v) is 4.83. The van der Waals surface area contributed by atoms with E-state index >= 15 is 0 Å². The maximum absolute atomic E-state index is 11.6. The summed E-state index contributed by atoms with van der Waals surface area (Å²) < 4.78 is 0. The van der Waals surface area contributed by atoms with E-state index in [0.29, 0.717) is 12.5 Å². The summed E-state index contributed by atoms with van der Waals surface area (Å²) in [5, 5.41) is 12.9. The highest BCUT2D eigenvalue weighted by Gasteiger charge is 2.01. The molecule has 0 radical (unpaired) electrons. The van der Waals surface area contributed by atoms with E-state index in [4.69, 9.17) is 5.41 Å². The summed E-state index contributed by atoms with van der Waals surface area (Å²) in [6.07, 6.45) is 3.19. The van der Waals surface area contributed by atoms with Crippen molar-refractivity contribution in [1.82, 2.24) is 10.6 Å². The molecule has 0 fully saturated rings. The smallest absolute Gasteiger partial charge is 0.250 e. The van der Waals surface area contributed by atoms with Crippen molar-refractivity contribution >= 4 is 17.9 Å². The third-order valence-electron chi connectivity index (χ3n) is 2.54. The second kappa shape index (κ2) is 7.36. The van der Waals surface area contributed by atoms with Crippen LogP contribution in [0.25, 0.3) is 6.08 Å². The van der Waals surface area contributed by atoms with Crippen molar-refractivity contribution in [3.63, 3.8) is 0 Å². The number of amides is 1. The van der Waals surface area contributed by atoms with Crippen LogP contribution >= 0.6 is 0 Å². The van der Waals surface area contributed by atoms with Gasteiger partial charge in [0.15, 0.2) is 5.96 Å². The Labute approximate surface area is 114 Å². The molecule has 0 heterocycles. The minimum Gasteiger partial charge on any atom is -0.356 e. The average Bonchev–Trinajstić information content (AvgIpc) is 2.35. The van der Waals surface area contributed by atoms with Crippen molar-refractivity contribution in [2.24, 2.45) is 5.92 Å². The number of aryl methyl sites for hydroxylation is 1. The Morgan fingerprint density at radius 1 is 1.37 bits per heavy atom. The van der Waals surface area contributed by atoms with Crippen LogP contribution in [-0.2, 0) is 4.79 Å². The van der Waals surface area contributed by atoms with Gasteiger partial charge in [-0.15, -0.1) is 0 Å². The van der Waals surface area contributed by atoms with Gasteiger partial charge in [-0.3, -0.25) is 15.5 Å². The van der Waals surface area contributed by atoms with Gasteiger partial charge in [0.25, 0.3) is 5.91 Å². The molecule has 0 bridgehead atoms. The molecule has 1 rings (SSSR count). The third kappa shape index (κ3) is 5.86. The van der Waals surface area contributed by atoms with Crippen LogP contribution in [0.2, 0.25) is 0 Å². The molecule has 0 aromatic heterocycles. The highest BCUT2D eigenvalue weighted by Crippen LogP contribution is 2.08. The molecule has 4 heteroatoms. The van der Waals surface area contributed by atoms with E-state index in [9.17, 15) is 4.79 Å². The molecule has 0 aliphatic carbocycles. The summed E-state index contributed by atoms with van der Waals surface area (Å²) in [4.78, 5) is 11.6. The number of hydrogen-bond acceptors (Lipinski definition) is 2. The molecule has 1 aromatic rings. The first kappa shape index (κ1) is 15.0. The van der Waals surface area contributed by atoms with E-state index in [1.807, 2.05) is 45.0 Å². The molecule has 0 atom stereocenters. The van der Waals surface area contributed by atoms with Gasteiger partial charge in [0, 0.05) is 12.6 Å². The molecule has 0 aliphatic rings. The molecule has 102 valence electrons. The highest BCUT2D eigenvalue weighted by molar-refractivity contribution is 6.03.